The van der Waals surface area contributed by atoms with Gasteiger partial charge in [-0.05, 0) is 36.6 Å². The number of hydrogen-bond donors (Lipinski definition) is 1. The van der Waals surface area contributed by atoms with E-state index in [1.807, 2.05) is 19.2 Å². The first kappa shape index (κ1) is 24.0. The number of methoxy groups -OCH3 is 2. The Morgan fingerprint density at radius 2 is 1.97 bits per heavy atom. The van der Waals surface area contributed by atoms with Crippen molar-refractivity contribution in [2.24, 2.45) is 5.92 Å². The van der Waals surface area contributed by atoms with E-state index in [-0.39, 0.29) is 5.91 Å². The van der Waals surface area contributed by atoms with Crippen LogP contribution < -0.4 is 14.8 Å². The largest absolute Gasteiger partial charge is 0.493 e. The molecular weight excluding hydrogens is 404 g/mol. The summed E-state index contributed by atoms with van der Waals surface area (Å²) < 4.78 is 10.6. The number of benzene rings is 1. The van der Waals surface area contributed by atoms with Crippen LogP contribution in [0.1, 0.15) is 31.5 Å². The number of rotatable bonds is 9. The van der Waals surface area contributed by atoms with Crippen molar-refractivity contribution in [3.05, 3.63) is 47.8 Å². The number of aryl methyl sites for hydroxylation is 1. The van der Waals surface area contributed by atoms with Crippen LogP contribution in [0.3, 0.4) is 0 Å². The lowest BCUT2D eigenvalue weighted by Gasteiger charge is -2.43. The van der Waals surface area contributed by atoms with Gasteiger partial charge in [0.1, 0.15) is 0 Å². The zero-order valence-electron chi connectivity index (χ0n) is 19.9. The number of carbonyl (C=O) groups excluding carboxylic acids is 1. The Morgan fingerprint density at radius 3 is 2.62 bits per heavy atom. The Balaban J connectivity index is 1.62. The second kappa shape index (κ2) is 11.3. The molecule has 1 saturated heterocycles. The molecule has 2 atom stereocenters. The average Bonchev–Trinajstić information content (AvgIpc) is 2.80. The normalized spacial score (nSPS) is 18.2. The van der Waals surface area contributed by atoms with Crippen LogP contribution in [-0.2, 0) is 11.3 Å². The summed E-state index contributed by atoms with van der Waals surface area (Å²) in [6.45, 7) is 10.5. The SMILES string of the molecule is CCC(C)C1CN(Cc2ccc(C)nc2)CCN1CC(=O)Nc1ccc(OC)c(OC)c1. The van der Waals surface area contributed by atoms with E-state index < -0.39 is 0 Å². The molecule has 3 rings (SSSR count). The molecule has 1 amide bonds. The number of piperazine rings is 1. The van der Waals surface area contributed by atoms with Crippen LogP contribution in [0.25, 0.3) is 0 Å². The lowest BCUT2D eigenvalue weighted by Crippen LogP contribution is -2.56. The van der Waals surface area contributed by atoms with Crippen molar-refractivity contribution in [3.63, 3.8) is 0 Å². The summed E-state index contributed by atoms with van der Waals surface area (Å²) in [5.74, 6) is 1.73. The van der Waals surface area contributed by atoms with E-state index >= 15 is 0 Å². The molecule has 0 bridgehead atoms. The number of anilines is 1. The molecule has 2 heterocycles. The van der Waals surface area contributed by atoms with E-state index in [1.165, 1.54) is 5.56 Å². The molecule has 1 aromatic carbocycles. The number of pyridine rings is 1. The molecule has 1 aromatic heterocycles. The van der Waals surface area contributed by atoms with Gasteiger partial charge < -0.3 is 14.8 Å². The van der Waals surface area contributed by atoms with Gasteiger partial charge in [0.2, 0.25) is 5.91 Å². The summed E-state index contributed by atoms with van der Waals surface area (Å²) in [5, 5.41) is 3.01. The van der Waals surface area contributed by atoms with E-state index in [0.717, 1.165) is 38.3 Å². The van der Waals surface area contributed by atoms with Crippen molar-refractivity contribution in [3.8, 4) is 11.5 Å². The van der Waals surface area contributed by atoms with Crippen LogP contribution >= 0.6 is 0 Å². The maximum Gasteiger partial charge on any atom is 0.238 e. The van der Waals surface area contributed by atoms with Crippen molar-refractivity contribution in [2.75, 3.05) is 45.7 Å². The Hall–Kier alpha value is -2.64. The van der Waals surface area contributed by atoms with Crippen LogP contribution in [0, 0.1) is 12.8 Å². The smallest absolute Gasteiger partial charge is 0.238 e. The van der Waals surface area contributed by atoms with Gasteiger partial charge in [-0.3, -0.25) is 19.6 Å². The molecule has 7 nitrogen and oxygen atoms in total. The molecule has 2 aromatic rings. The highest BCUT2D eigenvalue weighted by atomic mass is 16.5. The second-order valence-electron chi connectivity index (χ2n) is 8.58. The Labute approximate surface area is 191 Å². The molecule has 1 fully saturated rings. The van der Waals surface area contributed by atoms with Crippen LogP contribution in [0.4, 0.5) is 5.69 Å². The van der Waals surface area contributed by atoms with Gasteiger partial charge >= 0.3 is 0 Å². The van der Waals surface area contributed by atoms with Crippen molar-refractivity contribution in [1.29, 1.82) is 0 Å². The topological polar surface area (TPSA) is 66.9 Å². The zero-order chi connectivity index (χ0) is 23.1. The second-order valence-corrected chi connectivity index (χ2v) is 8.58. The quantitative estimate of drug-likeness (QED) is 0.643. The van der Waals surface area contributed by atoms with Gasteiger partial charge in [-0.2, -0.15) is 0 Å². The molecule has 1 aliphatic rings. The van der Waals surface area contributed by atoms with E-state index in [0.29, 0.717) is 35.7 Å². The fourth-order valence-electron chi connectivity index (χ4n) is 4.21. The van der Waals surface area contributed by atoms with Gasteiger partial charge in [0, 0.05) is 55.9 Å². The highest BCUT2D eigenvalue weighted by Crippen LogP contribution is 2.30. The molecular formula is C25H36N4O3. The summed E-state index contributed by atoms with van der Waals surface area (Å²) >= 11 is 0. The molecule has 1 N–H and O–H groups in total. The average molecular weight is 441 g/mol. The van der Waals surface area contributed by atoms with Gasteiger partial charge in [0.05, 0.1) is 20.8 Å². The Kier molecular flexibility index (Phi) is 8.47. The molecule has 32 heavy (non-hydrogen) atoms. The molecule has 0 saturated carbocycles. The van der Waals surface area contributed by atoms with Crippen molar-refractivity contribution in [2.45, 2.75) is 39.8 Å². The van der Waals surface area contributed by atoms with Gasteiger partial charge in [0.15, 0.2) is 11.5 Å². The summed E-state index contributed by atoms with van der Waals surface area (Å²) in [6.07, 6.45) is 3.05. The monoisotopic (exact) mass is 440 g/mol. The third-order valence-electron chi connectivity index (χ3n) is 6.31. The highest BCUT2D eigenvalue weighted by molar-refractivity contribution is 5.92. The number of amides is 1. The summed E-state index contributed by atoms with van der Waals surface area (Å²) in [4.78, 5) is 22.1. The summed E-state index contributed by atoms with van der Waals surface area (Å²) in [5.41, 5.74) is 2.98. The maximum absolute atomic E-state index is 12.8. The molecule has 2 unspecified atom stereocenters. The van der Waals surface area contributed by atoms with E-state index in [4.69, 9.17) is 9.47 Å². The first-order chi connectivity index (χ1) is 15.4. The Morgan fingerprint density at radius 1 is 1.19 bits per heavy atom. The van der Waals surface area contributed by atoms with Gasteiger partial charge in [-0.25, -0.2) is 0 Å². The fraction of sp³-hybridized carbons (Fsp3) is 0.520. The molecule has 7 heteroatoms. The third-order valence-corrected chi connectivity index (χ3v) is 6.31. The number of ether oxygens (including phenoxy) is 2. The number of nitrogens with one attached hydrogen (secondary N) is 1. The number of nitrogens with zero attached hydrogens (tertiary/aromatic N) is 3. The number of aromatic nitrogens is 1. The fourth-order valence-corrected chi connectivity index (χ4v) is 4.21. The lowest BCUT2D eigenvalue weighted by molar-refractivity contribution is -0.119. The van der Waals surface area contributed by atoms with Crippen molar-refractivity contribution < 1.29 is 14.3 Å². The van der Waals surface area contributed by atoms with E-state index in [9.17, 15) is 4.79 Å². The first-order valence-corrected chi connectivity index (χ1v) is 11.3. The first-order valence-electron chi connectivity index (χ1n) is 11.3. The third kappa shape index (κ3) is 6.20. The molecule has 1 aliphatic heterocycles. The molecule has 0 radical (unpaired) electrons. The summed E-state index contributed by atoms with van der Waals surface area (Å²) in [6, 6.07) is 9.98. The molecule has 0 spiro atoms. The molecule has 174 valence electrons. The van der Waals surface area contributed by atoms with Crippen molar-refractivity contribution in [1.82, 2.24) is 14.8 Å². The maximum atomic E-state index is 12.8. The Bertz CT molecular complexity index is 887. The van der Waals surface area contributed by atoms with Gasteiger partial charge in [-0.15, -0.1) is 0 Å². The van der Waals surface area contributed by atoms with E-state index in [1.54, 1.807) is 26.4 Å². The van der Waals surface area contributed by atoms with E-state index in [2.05, 4.69) is 46.1 Å². The minimum atomic E-state index is -0.0123. The van der Waals surface area contributed by atoms with Crippen LogP contribution in [0.5, 0.6) is 11.5 Å². The number of hydrogen-bond acceptors (Lipinski definition) is 6. The lowest BCUT2D eigenvalue weighted by atomic mass is 9.95. The van der Waals surface area contributed by atoms with Crippen molar-refractivity contribution >= 4 is 11.6 Å². The van der Waals surface area contributed by atoms with Crippen LogP contribution in [-0.4, -0.2) is 67.1 Å². The van der Waals surface area contributed by atoms with Gasteiger partial charge in [-0.1, -0.05) is 26.3 Å². The zero-order valence-corrected chi connectivity index (χ0v) is 19.9. The predicted octanol–water partition coefficient (Wildman–Crippen LogP) is 3.58. The minimum Gasteiger partial charge on any atom is -0.493 e. The minimum absolute atomic E-state index is 0.0123. The predicted molar refractivity (Wildman–Crippen MR) is 127 cm³/mol. The molecule has 0 aliphatic carbocycles. The standard InChI is InChI=1S/C25H36N4O3/c1-6-18(2)22-16-28(15-20-8-7-19(3)26-14-20)11-12-29(22)17-25(30)27-21-9-10-23(31-4)24(13-21)32-5/h7-10,13-14,18,22H,6,11-12,15-17H2,1-5H3,(H,27,30). The van der Waals surface area contributed by atoms with Crippen LogP contribution in [0.15, 0.2) is 36.5 Å². The number of carbonyl (C=O) groups is 1. The highest BCUT2D eigenvalue weighted by Gasteiger charge is 2.31. The van der Waals surface area contributed by atoms with Gasteiger partial charge in [0.25, 0.3) is 0 Å². The summed E-state index contributed by atoms with van der Waals surface area (Å²) in [7, 11) is 3.19. The van der Waals surface area contributed by atoms with Crippen LogP contribution in [0.2, 0.25) is 0 Å².